The molecule has 0 aromatic heterocycles. The topological polar surface area (TPSA) is 92.5 Å². The van der Waals surface area contributed by atoms with E-state index in [0.717, 1.165) is 5.56 Å². The van der Waals surface area contributed by atoms with Crippen molar-refractivity contribution in [2.24, 2.45) is 0 Å². The number of amides is 1. The zero-order valence-corrected chi connectivity index (χ0v) is 12.2. The largest absolute Gasteiger partial charge is 0.507 e. The van der Waals surface area contributed by atoms with E-state index < -0.39 is 10.8 Å². The van der Waals surface area contributed by atoms with E-state index in [0.29, 0.717) is 5.69 Å². The molecule has 0 atom stereocenters. The molecule has 2 aromatic carbocycles. The summed E-state index contributed by atoms with van der Waals surface area (Å²) in [5.74, 6) is -0.343. The first-order chi connectivity index (χ1) is 10.4. The third-order valence-corrected chi connectivity index (χ3v) is 3.27. The molecule has 0 aliphatic carbocycles. The number of phenolic OH excluding ortho intramolecular Hbond substituents is 1. The molecule has 0 radical (unpaired) electrons. The molecule has 114 valence electrons. The number of carbonyl (C=O) groups excluding carboxylic acids is 1. The molecular formula is C16H16N2O4. The second kappa shape index (κ2) is 6.26. The molecule has 2 aromatic rings. The molecule has 0 aliphatic rings. The highest BCUT2D eigenvalue weighted by atomic mass is 16.6. The molecule has 0 spiro atoms. The molecule has 2 N–H and O–H groups in total. The van der Waals surface area contributed by atoms with Gasteiger partial charge in [-0.05, 0) is 35.7 Å². The van der Waals surface area contributed by atoms with Crippen molar-refractivity contribution in [2.75, 3.05) is 5.32 Å². The van der Waals surface area contributed by atoms with E-state index in [1.807, 2.05) is 13.8 Å². The van der Waals surface area contributed by atoms with E-state index in [-0.39, 0.29) is 22.9 Å². The Morgan fingerprint density at radius 2 is 1.82 bits per heavy atom. The third kappa shape index (κ3) is 3.41. The summed E-state index contributed by atoms with van der Waals surface area (Å²) in [5, 5.41) is 23.0. The molecule has 0 unspecified atom stereocenters. The van der Waals surface area contributed by atoms with Gasteiger partial charge < -0.3 is 10.4 Å². The number of hydrogen-bond donors (Lipinski definition) is 2. The van der Waals surface area contributed by atoms with Crippen LogP contribution in [0.5, 0.6) is 5.75 Å². The van der Waals surface area contributed by atoms with Crippen molar-refractivity contribution in [2.45, 2.75) is 19.8 Å². The average Bonchev–Trinajstić information content (AvgIpc) is 2.47. The lowest BCUT2D eigenvalue weighted by molar-refractivity contribution is -0.384. The first-order valence-electron chi connectivity index (χ1n) is 6.77. The van der Waals surface area contributed by atoms with Crippen LogP contribution in [0.2, 0.25) is 0 Å². The van der Waals surface area contributed by atoms with Crippen LogP contribution in [0.1, 0.15) is 35.7 Å². The lowest BCUT2D eigenvalue weighted by atomic mass is 10.00. The van der Waals surface area contributed by atoms with E-state index in [1.165, 1.54) is 30.3 Å². The van der Waals surface area contributed by atoms with Gasteiger partial charge in [0.1, 0.15) is 5.75 Å². The summed E-state index contributed by atoms with van der Waals surface area (Å²) in [4.78, 5) is 22.3. The minimum absolute atomic E-state index is 0.0531. The number of nitrogens with one attached hydrogen (secondary N) is 1. The maximum Gasteiger partial charge on any atom is 0.269 e. The van der Waals surface area contributed by atoms with E-state index in [1.54, 1.807) is 12.1 Å². The van der Waals surface area contributed by atoms with Crippen LogP contribution in [0.25, 0.3) is 0 Å². The molecule has 0 bridgehead atoms. The molecular weight excluding hydrogens is 284 g/mol. The maximum atomic E-state index is 12.2. The summed E-state index contributed by atoms with van der Waals surface area (Å²) in [6.07, 6.45) is 0. The lowest BCUT2D eigenvalue weighted by Crippen LogP contribution is -2.12. The number of carbonyl (C=O) groups is 1. The average molecular weight is 300 g/mol. The van der Waals surface area contributed by atoms with Crippen molar-refractivity contribution in [3.63, 3.8) is 0 Å². The predicted molar refractivity (Wildman–Crippen MR) is 83.2 cm³/mol. The van der Waals surface area contributed by atoms with Crippen LogP contribution in [-0.4, -0.2) is 15.9 Å². The molecule has 0 fully saturated rings. The summed E-state index contributed by atoms with van der Waals surface area (Å²) in [6.45, 7) is 3.98. The Morgan fingerprint density at radius 3 is 2.36 bits per heavy atom. The second-order valence-corrected chi connectivity index (χ2v) is 5.19. The van der Waals surface area contributed by atoms with Crippen molar-refractivity contribution in [3.8, 4) is 5.75 Å². The van der Waals surface area contributed by atoms with Gasteiger partial charge >= 0.3 is 0 Å². The fraction of sp³-hybridized carbons (Fsp3) is 0.188. The molecule has 0 aliphatic heterocycles. The van der Waals surface area contributed by atoms with Crippen molar-refractivity contribution < 1.29 is 14.8 Å². The predicted octanol–water partition coefficient (Wildman–Crippen LogP) is 3.68. The maximum absolute atomic E-state index is 12.2. The van der Waals surface area contributed by atoms with E-state index >= 15 is 0 Å². The van der Waals surface area contributed by atoms with Gasteiger partial charge in [-0.1, -0.05) is 19.9 Å². The van der Waals surface area contributed by atoms with Gasteiger partial charge in [0.25, 0.3) is 11.6 Å². The molecule has 0 saturated carbocycles. The highest BCUT2D eigenvalue weighted by Crippen LogP contribution is 2.24. The zero-order valence-electron chi connectivity index (χ0n) is 12.2. The Kier molecular flexibility index (Phi) is 4.41. The van der Waals surface area contributed by atoms with Gasteiger partial charge in [-0.25, -0.2) is 0 Å². The molecule has 6 nitrogen and oxygen atoms in total. The van der Waals surface area contributed by atoms with Gasteiger partial charge in [-0.3, -0.25) is 14.9 Å². The van der Waals surface area contributed by atoms with Crippen molar-refractivity contribution in [3.05, 3.63) is 63.7 Å². The molecule has 1 amide bonds. The van der Waals surface area contributed by atoms with Crippen LogP contribution < -0.4 is 5.32 Å². The summed E-state index contributed by atoms with van der Waals surface area (Å²) in [5.41, 5.74) is 1.48. The third-order valence-electron chi connectivity index (χ3n) is 3.27. The Bertz CT molecular complexity index is 709. The highest BCUT2D eigenvalue weighted by Gasteiger charge is 2.14. The molecule has 6 heteroatoms. The normalized spacial score (nSPS) is 10.5. The zero-order chi connectivity index (χ0) is 16.3. The van der Waals surface area contributed by atoms with Gasteiger partial charge in [0.15, 0.2) is 0 Å². The first kappa shape index (κ1) is 15.5. The Morgan fingerprint density at radius 1 is 1.18 bits per heavy atom. The number of phenols is 1. The van der Waals surface area contributed by atoms with Crippen LogP contribution in [0.4, 0.5) is 11.4 Å². The SMILES string of the molecule is CC(C)c1ccc(O)c(C(=O)Nc2ccc([N+](=O)[O-])cc2)c1. The minimum atomic E-state index is -0.510. The van der Waals surface area contributed by atoms with E-state index in [9.17, 15) is 20.0 Å². The minimum Gasteiger partial charge on any atom is -0.507 e. The summed E-state index contributed by atoms with van der Waals surface area (Å²) in [7, 11) is 0. The number of aromatic hydroxyl groups is 1. The van der Waals surface area contributed by atoms with Crippen LogP contribution in [-0.2, 0) is 0 Å². The van der Waals surface area contributed by atoms with Gasteiger partial charge in [-0.15, -0.1) is 0 Å². The van der Waals surface area contributed by atoms with Crippen molar-refractivity contribution in [1.82, 2.24) is 0 Å². The Hall–Kier alpha value is -2.89. The monoisotopic (exact) mass is 300 g/mol. The van der Waals surface area contributed by atoms with Gasteiger partial charge in [0.05, 0.1) is 10.5 Å². The number of nitrogens with zero attached hydrogens (tertiary/aromatic N) is 1. The smallest absolute Gasteiger partial charge is 0.269 e. The molecule has 2 rings (SSSR count). The molecule has 22 heavy (non-hydrogen) atoms. The number of nitro benzene ring substituents is 1. The number of anilines is 1. The van der Waals surface area contributed by atoms with Gasteiger partial charge in [-0.2, -0.15) is 0 Å². The standard InChI is InChI=1S/C16H16N2O4/c1-10(2)11-3-8-15(19)14(9-11)16(20)17-12-4-6-13(7-5-12)18(21)22/h3-10,19H,1-2H3,(H,17,20). The number of nitro groups is 1. The highest BCUT2D eigenvalue weighted by molar-refractivity contribution is 6.06. The lowest BCUT2D eigenvalue weighted by Gasteiger charge is -2.10. The van der Waals surface area contributed by atoms with Gasteiger partial charge in [0.2, 0.25) is 0 Å². The first-order valence-corrected chi connectivity index (χ1v) is 6.77. The Balaban J connectivity index is 2.21. The Labute approximate surface area is 127 Å². The van der Waals surface area contributed by atoms with Crippen LogP contribution >= 0.6 is 0 Å². The summed E-state index contributed by atoms with van der Waals surface area (Å²) in [6, 6.07) is 10.4. The second-order valence-electron chi connectivity index (χ2n) is 5.19. The fourth-order valence-corrected chi connectivity index (χ4v) is 1.96. The van der Waals surface area contributed by atoms with E-state index in [4.69, 9.17) is 0 Å². The molecule has 0 saturated heterocycles. The van der Waals surface area contributed by atoms with Crippen LogP contribution in [0.3, 0.4) is 0 Å². The quantitative estimate of drug-likeness (QED) is 0.665. The number of hydrogen-bond acceptors (Lipinski definition) is 4. The van der Waals surface area contributed by atoms with Gasteiger partial charge in [0, 0.05) is 17.8 Å². The van der Waals surface area contributed by atoms with Crippen LogP contribution in [0.15, 0.2) is 42.5 Å². The van der Waals surface area contributed by atoms with E-state index in [2.05, 4.69) is 5.32 Å². The van der Waals surface area contributed by atoms with Crippen LogP contribution in [0, 0.1) is 10.1 Å². The number of benzene rings is 2. The number of rotatable bonds is 4. The summed E-state index contributed by atoms with van der Waals surface area (Å²) < 4.78 is 0. The van der Waals surface area contributed by atoms with Crippen molar-refractivity contribution in [1.29, 1.82) is 0 Å². The van der Waals surface area contributed by atoms with Crippen molar-refractivity contribution >= 4 is 17.3 Å². The summed E-state index contributed by atoms with van der Waals surface area (Å²) >= 11 is 0. The molecule has 0 heterocycles. The number of non-ortho nitro benzene ring substituents is 1. The fourth-order valence-electron chi connectivity index (χ4n) is 1.96.